The predicted molar refractivity (Wildman–Crippen MR) is 128 cm³/mol. The number of para-hydroxylation sites is 1. The number of carbonyl (C=O) groups excluding carboxylic acids is 2. The maximum absolute atomic E-state index is 12.6. The number of thioether (sulfide) groups is 1. The van der Waals surface area contributed by atoms with Crippen molar-refractivity contribution in [2.24, 2.45) is 0 Å². The van der Waals surface area contributed by atoms with Gasteiger partial charge in [0.2, 0.25) is 5.91 Å². The molecular formula is C24H23BrN2O2S. The van der Waals surface area contributed by atoms with Gasteiger partial charge in [0.15, 0.2) is 0 Å². The van der Waals surface area contributed by atoms with E-state index in [0.29, 0.717) is 23.5 Å². The third kappa shape index (κ3) is 7.04. The molecule has 3 aromatic rings. The smallest absolute Gasteiger partial charge is 0.253 e. The Morgan fingerprint density at radius 3 is 2.30 bits per heavy atom. The minimum absolute atomic E-state index is 0.123. The number of benzene rings is 3. The SMILES string of the molecule is O=C(CSCc1ccc(Br)cc1)Nc1ccccc1C(=O)NCCc1ccccc1. The van der Waals surface area contributed by atoms with Gasteiger partial charge in [0.1, 0.15) is 0 Å². The standard InChI is InChI=1S/C24H23BrN2O2S/c25-20-12-10-19(11-13-20)16-30-17-23(28)27-22-9-5-4-8-21(22)24(29)26-15-14-18-6-2-1-3-7-18/h1-13H,14-17H2,(H,26,29)(H,27,28). The Balaban J connectivity index is 1.49. The highest BCUT2D eigenvalue weighted by Gasteiger charge is 2.13. The summed E-state index contributed by atoms with van der Waals surface area (Å²) >= 11 is 4.95. The van der Waals surface area contributed by atoms with Gasteiger partial charge in [-0.25, -0.2) is 0 Å². The van der Waals surface area contributed by atoms with Gasteiger partial charge in [-0.2, -0.15) is 0 Å². The number of carbonyl (C=O) groups is 2. The largest absolute Gasteiger partial charge is 0.352 e. The molecule has 3 rings (SSSR count). The summed E-state index contributed by atoms with van der Waals surface area (Å²) in [6.45, 7) is 0.536. The molecule has 0 aliphatic carbocycles. The van der Waals surface area contributed by atoms with Crippen molar-refractivity contribution in [1.82, 2.24) is 5.32 Å². The molecule has 0 spiro atoms. The normalized spacial score (nSPS) is 10.4. The van der Waals surface area contributed by atoms with Crippen molar-refractivity contribution in [3.8, 4) is 0 Å². The van der Waals surface area contributed by atoms with Crippen molar-refractivity contribution in [1.29, 1.82) is 0 Å². The van der Waals surface area contributed by atoms with Crippen LogP contribution in [0.1, 0.15) is 21.5 Å². The van der Waals surface area contributed by atoms with Crippen molar-refractivity contribution in [3.63, 3.8) is 0 Å². The van der Waals surface area contributed by atoms with Crippen LogP contribution in [0.15, 0.2) is 83.3 Å². The van der Waals surface area contributed by atoms with Gasteiger partial charge in [-0.3, -0.25) is 9.59 Å². The Hall–Kier alpha value is -2.57. The van der Waals surface area contributed by atoms with E-state index >= 15 is 0 Å². The molecule has 6 heteroatoms. The summed E-state index contributed by atoms with van der Waals surface area (Å²) in [5.74, 6) is 0.758. The fourth-order valence-corrected chi connectivity index (χ4v) is 3.93. The summed E-state index contributed by atoms with van der Waals surface area (Å²) in [4.78, 5) is 25.0. The van der Waals surface area contributed by atoms with Crippen molar-refractivity contribution in [3.05, 3.63) is 100 Å². The molecule has 0 saturated carbocycles. The predicted octanol–water partition coefficient (Wildman–Crippen LogP) is 5.29. The highest BCUT2D eigenvalue weighted by molar-refractivity contribution is 9.10. The fourth-order valence-electron chi connectivity index (χ4n) is 2.88. The zero-order valence-electron chi connectivity index (χ0n) is 16.4. The van der Waals surface area contributed by atoms with Crippen molar-refractivity contribution < 1.29 is 9.59 Å². The summed E-state index contributed by atoms with van der Waals surface area (Å²) in [5.41, 5.74) is 3.33. The Kier molecular flexibility index (Phi) is 8.53. The monoisotopic (exact) mass is 482 g/mol. The maximum Gasteiger partial charge on any atom is 0.253 e. The van der Waals surface area contributed by atoms with E-state index in [1.807, 2.05) is 60.7 Å². The molecule has 4 nitrogen and oxygen atoms in total. The molecule has 30 heavy (non-hydrogen) atoms. The maximum atomic E-state index is 12.6. The molecule has 2 amide bonds. The average Bonchev–Trinajstić information content (AvgIpc) is 2.76. The quantitative estimate of drug-likeness (QED) is 0.435. The first-order valence-electron chi connectivity index (χ1n) is 9.65. The first kappa shape index (κ1) is 22.1. The van der Waals surface area contributed by atoms with Crippen LogP contribution in [0, 0.1) is 0 Å². The van der Waals surface area contributed by atoms with E-state index in [9.17, 15) is 9.59 Å². The molecule has 0 atom stereocenters. The van der Waals surface area contributed by atoms with Crippen molar-refractivity contribution >= 4 is 45.2 Å². The molecule has 0 heterocycles. The van der Waals surface area contributed by atoms with Crippen LogP contribution in [0.25, 0.3) is 0 Å². The van der Waals surface area contributed by atoms with Gasteiger partial charge in [0, 0.05) is 16.8 Å². The van der Waals surface area contributed by atoms with Crippen LogP contribution in [-0.2, 0) is 17.0 Å². The van der Waals surface area contributed by atoms with Gasteiger partial charge in [0.05, 0.1) is 17.0 Å². The second-order valence-electron chi connectivity index (χ2n) is 6.70. The number of anilines is 1. The number of hydrogen-bond donors (Lipinski definition) is 2. The summed E-state index contributed by atoms with van der Waals surface area (Å²) in [6.07, 6.45) is 0.758. The van der Waals surface area contributed by atoms with Crippen LogP contribution in [0.4, 0.5) is 5.69 Å². The molecule has 2 N–H and O–H groups in total. The lowest BCUT2D eigenvalue weighted by Gasteiger charge is -2.11. The van der Waals surface area contributed by atoms with E-state index in [1.165, 1.54) is 17.3 Å². The molecule has 3 aromatic carbocycles. The van der Waals surface area contributed by atoms with E-state index in [0.717, 1.165) is 22.2 Å². The van der Waals surface area contributed by atoms with Crippen LogP contribution in [0.3, 0.4) is 0 Å². The van der Waals surface area contributed by atoms with E-state index in [1.54, 1.807) is 18.2 Å². The molecule has 154 valence electrons. The summed E-state index contributed by atoms with van der Waals surface area (Å²) in [5, 5.41) is 5.80. The summed E-state index contributed by atoms with van der Waals surface area (Å²) < 4.78 is 1.03. The van der Waals surface area contributed by atoms with E-state index in [4.69, 9.17) is 0 Å². The highest BCUT2D eigenvalue weighted by atomic mass is 79.9. The minimum atomic E-state index is -0.190. The van der Waals surface area contributed by atoms with E-state index < -0.39 is 0 Å². The summed E-state index contributed by atoms with van der Waals surface area (Å²) in [6, 6.07) is 25.1. The van der Waals surface area contributed by atoms with Gasteiger partial charge in [-0.05, 0) is 41.8 Å². The Bertz CT molecular complexity index is 978. The van der Waals surface area contributed by atoms with Gasteiger partial charge in [0.25, 0.3) is 5.91 Å². The highest BCUT2D eigenvalue weighted by Crippen LogP contribution is 2.18. The number of halogens is 1. The van der Waals surface area contributed by atoms with Crippen LogP contribution >= 0.6 is 27.7 Å². The minimum Gasteiger partial charge on any atom is -0.352 e. The lowest BCUT2D eigenvalue weighted by Crippen LogP contribution is -2.27. The molecule has 0 aliphatic heterocycles. The molecular weight excluding hydrogens is 460 g/mol. The molecule has 0 bridgehead atoms. The molecule has 0 saturated heterocycles. The van der Waals surface area contributed by atoms with Gasteiger partial charge >= 0.3 is 0 Å². The van der Waals surface area contributed by atoms with Crippen molar-refractivity contribution in [2.75, 3.05) is 17.6 Å². The number of nitrogens with one attached hydrogen (secondary N) is 2. The van der Waals surface area contributed by atoms with Crippen LogP contribution < -0.4 is 10.6 Å². The molecule has 0 aromatic heterocycles. The zero-order valence-corrected chi connectivity index (χ0v) is 18.8. The number of rotatable bonds is 9. The lowest BCUT2D eigenvalue weighted by molar-refractivity contribution is -0.113. The lowest BCUT2D eigenvalue weighted by atomic mass is 10.1. The first-order chi connectivity index (χ1) is 14.6. The first-order valence-corrected chi connectivity index (χ1v) is 11.6. The van der Waals surface area contributed by atoms with Crippen molar-refractivity contribution in [2.45, 2.75) is 12.2 Å². The topological polar surface area (TPSA) is 58.2 Å². The van der Waals surface area contributed by atoms with Gasteiger partial charge in [-0.1, -0.05) is 70.5 Å². The fraction of sp³-hybridized carbons (Fsp3) is 0.167. The molecule has 0 unspecified atom stereocenters. The Labute approximate surface area is 189 Å². The second kappa shape index (κ2) is 11.6. The van der Waals surface area contributed by atoms with Crippen LogP contribution in [0.2, 0.25) is 0 Å². The third-order valence-electron chi connectivity index (χ3n) is 4.40. The molecule has 0 aliphatic rings. The molecule has 0 radical (unpaired) electrons. The Morgan fingerprint density at radius 1 is 0.833 bits per heavy atom. The summed E-state index contributed by atoms with van der Waals surface area (Å²) in [7, 11) is 0. The van der Waals surface area contributed by atoms with Gasteiger partial charge < -0.3 is 10.6 Å². The third-order valence-corrected chi connectivity index (χ3v) is 5.94. The number of amides is 2. The molecule has 0 fully saturated rings. The van der Waals surface area contributed by atoms with E-state index in [2.05, 4.69) is 26.6 Å². The number of hydrogen-bond acceptors (Lipinski definition) is 3. The average molecular weight is 483 g/mol. The Morgan fingerprint density at radius 2 is 1.53 bits per heavy atom. The second-order valence-corrected chi connectivity index (χ2v) is 8.61. The van der Waals surface area contributed by atoms with Crippen LogP contribution in [-0.4, -0.2) is 24.1 Å². The zero-order chi connectivity index (χ0) is 21.2. The van der Waals surface area contributed by atoms with Crippen LogP contribution in [0.5, 0.6) is 0 Å². The van der Waals surface area contributed by atoms with E-state index in [-0.39, 0.29) is 11.8 Å². The van der Waals surface area contributed by atoms with Gasteiger partial charge in [-0.15, -0.1) is 11.8 Å².